The number of phosphoric ester groups is 1. The average Bonchev–Trinajstić information content (AvgIpc) is 2.69. The van der Waals surface area contributed by atoms with E-state index >= 15 is 0 Å². The molecule has 2 aromatic carbocycles. The van der Waals surface area contributed by atoms with Crippen molar-refractivity contribution >= 4 is 7.82 Å². The van der Waals surface area contributed by atoms with Crippen LogP contribution in [-0.4, -0.2) is 71.9 Å². The van der Waals surface area contributed by atoms with Crippen molar-refractivity contribution in [3.8, 4) is 11.1 Å². The summed E-state index contributed by atoms with van der Waals surface area (Å²) in [5, 5.41) is 46.1. The number of benzene rings is 2. The first-order chi connectivity index (χ1) is 13.1. The second kappa shape index (κ2) is 9.71. The van der Waals surface area contributed by atoms with E-state index in [0.717, 1.165) is 0 Å². The molecule has 0 saturated heterocycles. The summed E-state index contributed by atoms with van der Waals surface area (Å²) in [7, 11) is -5.01. The van der Waals surface area contributed by atoms with Crippen LogP contribution in [-0.2, 0) is 9.09 Å². The summed E-state index contributed by atoms with van der Waals surface area (Å²) in [6, 6.07) is 20.8. The Morgan fingerprint density at radius 1 is 0.607 bits per heavy atom. The van der Waals surface area contributed by atoms with Crippen LogP contribution >= 0.6 is 7.82 Å². The van der Waals surface area contributed by atoms with Crippen molar-refractivity contribution < 1.29 is 44.4 Å². The highest BCUT2D eigenvalue weighted by atomic mass is 31.2. The Kier molecular flexibility index (Phi) is 7.85. The van der Waals surface area contributed by atoms with Crippen LogP contribution in [0.3, 0.4) is 0 Å². The Labute approximate surface area is 161 Å². The van der Waals surface area contributed by atoms with Crippen LogP contribution in [0.1, 0.15) is 0 Å². The predicted molar refractivity (Wildman–Crippen MR) is 98.8 cm³/mol. The molecule has 0 bridgehead atoms. The molecule has 6 atom stereocenters. The molecule has 1 saturated carbocycles. The van der Waals surface area contributed by atoms with E-state index in [-0.39, 0.29) is 0 Å². The molecule has 154 valence electrons. The molecular weight excluding hydrogens is 391 g/mol. The summed E-state index contributed by atoms with van der Waals surface area (Å²) in [5.41, 5.74) is 2.55. The first kappa shape index (κ1) is 22.6. The van der Waals surface area contributed by atoms with Gasteiger partial charge in [-0.2, -0.15) is 0 Å². The maximum absolute atomic E-state index is 10.5. The SMILES string of the molecule is O=P(O)(O)O[C@@H]1[C@@H](O)[C@H](O)[C@@H](O)[C@H](O)[C@@H]1O.c1ccc(-c2ccccc2)cc1. The third-order valence-corrected chi connectivity index (χ3v) is 4.73. The zero-order chi connectivity index (χ0) is 20.9. The third-order valence-electron chi connectivity index (χ3n) is 4.21. The van der Waals surface area contributed by atoms with Crippen LogP contribution in [0.25, 0.3) is 11.1 Å². The smallest absolute Gasteiger partial charge is 0.387 e. The fraction of sp³-hybridized carbons (Fsp3) is 0.333. The van der Waals surface area contributed by atoms with Crippen LogP contribution in [0, 0.1) is 0 Å². The molecule has 0 unspecified atom stereocenters. The second-order valence-corrected chi connectivity index (χ2v) is 7.44. The molecule has 28 heavy (non-hydrogen) atoms. The molecular formula is C18H23O9P. The molecule has 0 amide bonds. The van der Waals surface area contributed by atoms with Crippen LogP contribution in [0.5, 0.6) is 0 Å². The van der Waals surface area contributed by atoms with Gasteiger partial charge in [-0.1, -0.05) is 60.7 Å². The molecule has 1 aliphatic rings. The topological polar surface area (TPSA) is 168 Å². The molecule has 9 nitrogen and oxygen atoms in total. The van der Waals surface area contributed by atoms with Crippen LogP contribution < -0.4 is 0 Å². The van der Waals surface area contributed by atoms with Gasteiger partial charge in [-0.15, -0.1) is 0 Å². The summed E-state index contributed by atoms with van der Waals surface area (Å²) < 4.78 is 14.5. The van der Waals surface area contributed by atoms with Gasteiger partial charge in [0.15, 0.2) is 0 Å². The van der Waals surface area contributed by atoms with Gasteiger partial charge in [0, 0.05) is 0 Å². The van der Waals surface area contributed by atoms with Crippen molar-refractivity contribution in [2.45, 2.75) is 36.6 Å². The van der Waals surface area contributed by atoms with Gasteiger partial charge in [0.2, 0.25) is 0 Å². The molecule has 1 aliphatic carbocycles. The molecule has 0 radical (unpaired) electrons. The number of hydrogen-bond donors (Lipinski definition) is 7. The number of hydrogen-bond acceptors (Lipinski definition) is 7. The van der Waals surface area contributed by atoms with Crippen LogP contribution in [0.15, 0.2) is 60.7 Å². The highest BCUT2D eigenvalue weighted by Gasteiger charge is 2.50. The van der Waals surface area contributed by atoms with Gasteiger partial charge >= 0.3 is 7.82 Å². The minimum atomic E-state index is -5.01. The fourth-order valence-corrected chi connectivity index (χ4v) is 3.31. The lowest BCUT2D eigenvalue weighted by Gasteiger charge is -2.41. The fourth-order valence-electron chi connectivity index (χ4n) is 2.74. The Bertz CT molecular complexity index is 714. The third kappa shape index (κ3) is 5.92. The largest absolute Gasteiger partial charge is 0.470 e. The lowest BCUT2D eigenvalue weighted by atomic mass is 9.85. The number of phosphoric acid groups is 1. The molecule has 0 aliphatic heterocycles. The molecule has 1 fully saturated rings. The summed E-state index contributed by atoms with van der Waals surface area (Å²) in [6.07, 6.45) is -11.3. The van der Waals surface area contributed by atoms with Gasteiger partial charge in [0.05, 0.1) is 0 Å². The molecule has 7 N–H and O–H groups in total. The number of aliphatic hydroxyl groups excluding tert-OH is 5. The van der Waals surface area contributed by atoms with E-state index in [1.54, 1.807) is 0 Å². The van der Waals surface area contributed by atoms with Crippen LogP contribution in [0.2, 0.25) is 0 Å². The minimum absolute atomic E-state index is 1.28. The number of aliphatic hydroxyl groups is 5. The van der Waals surface area contributed by atoms with E-state index in [1.807, 2.05) is 12.1 Å². The monoisotopic (exact) mass is 414 g/mol. The Balaban J connectivity index is 0.000000207. The Morgan fingerprint density at radius 2 is 0.929 bits per heavy atom. The zero-order valence-electron chi connectivity index (χ0n) is 14.6. The summed E-state index contributed by atoms with van der Waals surface area (Å²) in [5.74, 6) is 0. The van der Waals surface area contributed by atoms with Gasteiger partial charge in [-0.3, -0.25) is 4.52 Å². The normalized spacial score (nSPS) is 30.2. The molecule has 10 heteroatoms. The van der Waals surface area contributed by atoms with Crippen molar-refractivity contribution in [2.75, 3.05) is 0 Å². The van der Waals surface area contributed by atoms with Crippen molar-refractivity contribution in [2.24, 2.45) is 0 Å². The van der Waals surface area contributed by atoms with Crippen molar-refractivity contribution in [1.29, 1.82) is 0 Å². The summed E-state index contributed by atoms with van der Waals surface area (Å²) in [4.78, 5) is 17.0. The molecule has 0 aromatic heterocycles. The van der Waals surface area contributed by atoms with Crippen molar-refractivity contribution in [1.82, 2.24) is 0 Å². The molecule has 3 rings (SSSR count). The zero-order valence-corrected chi connectivity index (χ0v) is 15.5. The van der Waals surface area contributed by atoms with E-state index in [9.17, 15) is 25.0 Å². The highest BCUT2D eigenvalue weighted by molar-refractivity contribution is 7.46. The quantitative estimate of drug-likeness (QED) is 0.332. The maximum atomic E-state index is 10.5. The maximum Gasteiger partial charge on any atom is 0.470 e. The molecule has 0 heterocycles. The minimum Gasteiger partial charge on any atom is -0.387 e. The van der Waals surface area contributed by atoms with Gasteiger partial charge in [-0.25, -0.2) is 4.57 Å². The summed E-state index contributed by atoms with van der Waals surface area (Å²) in [6.45, 7) is 0. The summed E-state index contributed by atoms with van der Waals surface area (Å²) >= 11 is 0. The van der Waals surface area contributed by atoms with E-state index < -0.39 is 44.4 Å². The average molecular weight is 414 g/mol. The van der Waals surface area contributed by atoms with Gasteiger partial charge in [-0.05, 0) is 11.1 Å². The van der Waals surface area contributed by atoms with E-state index in [1.165, 1.54) is 11.1 Å². The number of rotatable bonds is 3. The van der Waals surface area contributed by atoms with Gasteiger partial charge in [0.25, 0.3) is 0 Å². The van der Waals surface area contributed by atoms with Crippen molar-refractivity contribution in [3.05, 3.63) is 60.7 Å². The standard InChI is InChI=1S/C12H10.C6H13O9P/c1-3-7-11(8-4-1)12-9-5-2-6-10-12;7-1-2(8)4(10)6(5(11)3(1)9)15-16(12,13)14/h1-10H;1-11H,(H2,12,13,14)/t;1-,2-,3+,4-,5-,6-/m.0/s1. The lowest BCUT2D eigenvalue weighted by Crippen LogP contribution is -2.64. The van der Waals surface area contributed by atoms with E-state index in [2.05, 4.69) is 53.1 Å². The predicted octanol–water partition coefficient (Wildman–Crippen LogP) is -0.364. The highest BCUT2D eigenvalue weighted by Crippen LogP contribution is 2.41. The van der Waals surface area contributed by atoms with E-state index in [0.29, 0.717) is 0 Å². The molecule has 2 aromatic rings. The first-order valence-electron chi connectivity index (χ1n) is 8.36. The Morgan fingerprint density at radius 3 is 1.25 bits per heavy atom. The molecule has 0 spiro atoms. The van der Waals surface area contributed by atoms with E-state index in [4.69, 9.17) is 14.9 Å². The van der Waals surface area contributed by atoms with Crippen molar-refractivity contribution in [3.63, 3.8) is 0 Å². The second-order valence-electron chi connectivity index (χ2n) is 6.25. The Hall–Kier alpha value is -1.65. The lowest BCUT2D eigenvalue weighted by molar-refractivity contribution is -0.219. The first-order valence-corrected chi connectivity index (χ1v) is 9.89. The van der Waals surface area contributed by atoms with Crippen LogP contribution in [0.4, 0.5) is 0 Å². The van der Waals surface area contributed by atoms with Gasteiger partial charge in [0.1, 0.15) is 36.6 Å². The van der Waals surface area contributed by atoms with Gasteiger partial charge < -0.3 is 35.3 Å².